The number of hydrogen-bond acceptors (Lipinski definition) is 3. The molecule has 1 unspecified atom stereocenters. The van der Waals surface area contributed by atoms with E-state index in [9.17, 15) is 9.90 Å². The van der Waals surface area contributed by atoms with Crippen LogP contribution in [0.2, 0.25) is 0 Å². The Bertz CT molecular complexity index is 192. The molecule has 3 heteroatoms. The molecule has 18 heavy (non-hydrogen) atoms. The lowest BCUT2D eigenvalue weighted by Gasteiger charge is -2.07. The zero-order valence-corrected chi connectivity index (χ0v) is 11.9. The van der Waals surface area contributed by atoms with Gasteiger partial charge in [0.2, 0.25) is 0 Å². The molecule has 1 atom stereocenters. The van der Waals surface area contributed by atoms with Gasteiger partial charge in [-0.15, -0.1) is 0 Å². The molecule has 3 nitrogen and oxygen atoms in total. The summed E-state index contributed by atoms with van der Waals surface area (Å²) in [6, 6.07) is 0. The Balaban J connectivity index is 3.14. The van der Waals surface area contributed by atoms with Crippen molar-refractivity contribution < 1.29 is 15.0 Å². The van der Waals surface area contributed by atoms with Gasteiger partial charge in [-0.2, -0.15) is 0 Å². The molecule has 0 amide bonds. The largest absolute Gasteiger partial charge is 0.388 e. The molecule has 0 fully saturated rings. The average Bonchev–Trinajstić information content (AvgIpc) is 2.39. The molecule has 2 N–H and O–H groups in total. The third kappa shape index (κ3) is 10.7. The Kier molecular flexibility index (Phi) is 12.7. The van der Waals surface area contributed by atoms with Gasteiger partial charge >= 0.3 is 0 Å². The summed E-state index contributed by atoms with van der Waals surface area (Å²) in [4.78, 5) is 10.9. The van der Waals surface area contributed by atoms with E-state index in [2.05, 4.69) is 6.92 Å². The van der Waals surface area contributed by atoms with Crippen LogP contribution in [0.3, 0.4) is 0 Å². The van der Waals surface area contributed by atoms with E-state index >= 15 is 0 Å². The lowest BCUT2D eigenvalue weighted by Crippen LogP contribution is -2.23. The highest BCUT2D eigenvalue weighted by atomic mass is 16.3. The normalized spacial score (nSPS) is 12.6. The van der Waals surface area contributed by atoms with Gasteiger partial charge in [-0.1, -0.05) is 71.1 Å². The molecule has 0 saturated heterocycles. The van der Waals surface area contributed by atoms with Crippen LogP contribution in [0.5, 0.6) is 0 Å². The summed E-state index contributed by atoms with van der Waals surface area (Å²) >= 11 is 0. The SMILES string of the molecule is CCCCCCCCCCCCC(O)C(=O)CO. The lowest BCUT2D eigenvalue weighted by molar-refractivity contribution is -0.130. The van der Waals surface area contributed by atoms with Gasteiger partial charge in [0.05, 0.1) is 0 Å². The Hall–Kier alpha value is -0.410. The first-order valence-electron chi connectivity index (χ1n) is 7.54. The summed E-state index contributed by atoms with van der Waals surface area (Å²) in [6.45, 7) is 1.69. The molecule has 0 aliphatic rings. The van der Waals surface area contributed by atoms with Crippen LogP contribution in [0.15, 0.2) is 0 Å². The molecular formula is C15H30O3. The minimum Gasteiger partial charge on any atom is -0.388 e. The first-order chi connectivity index (χ1) is 8.72. The quantitative estimate of drug-likeness (QED) is 0.499. The molecule has 0 spiro atoms. The number of unbranched alkanes of at least 4 members (excludes halogenated alkanes) is 9. The van der Waals surface area contributed by atoms with Crippen molar-refractivity contribution in [2.45, 2.75) is 83.7 Å². The first kappa shape index (κ1) is 17.6. The number of aliphatic hydroxyl groups excluding tert-OH is 2. The van der Waals surface area contributed by atoms with Gasteiger partial charge in [-0.05, 0) is 6.42 Å². The van der Waals surface area contributed by atoms with E-state index in [0.29, 0.717) is 6.42 Å². The van der Waals surface area contributed by atoms with E-state index in [0.717, 1.165) is 12.8 Å². The molecule has 0 rings (SSSR count). The van der Waals surface area contributed by atoms with Crippen LogP contribution in [0.25, 0.3) is 0 Å². The molecule has 0 heterocycles. The fourth-order valence-electron chi connectivity index (χ4n) is 2.09. The fraction of sp³-hybridized carbons (Fsp3) is 0.933. The van der Waals surface area contributed by atoms with Crippen molar-refractivity contribution >= 4 is 5.78 Å². The number of carbonyl (C=O) groups excluding carboxylic acids is 1. The smallest absolute Gasteiger partial charge is 0.186 e. The van der Waals surface area contributed by atoms with Crippen molar-refractivity contribution in [2.75, 3.05) is 6.61 Å². The Labute approximate surface area is 112 Å². The standard InChI is InChI=1S/C15H30O3/c1-2-3-4-5-6-7-8-9-10-11-12-14(17)15(18)13-16/h14,16-17H,2-13H2,1H3. The summed E-state index contributed by atoms with van der Waals surface area (Å²) < 4.78 is 0. The number of hydrogen-bond donors (Lipinski definition) is 2. The summed E-state index contributed by atoms with van der Waals surface area (Å²) in [5.41, 5.74) is 0. The monoisotopic (exact) mass is 258 g/mol. The molecule has 0 aromatic heterocycles. The van der Waals surface area contributed by atoms with Crippen LogP contribution < -0.4 is 0 Å². The van der Waals surface area contributed by atoms with Gasteiger partial charge in [0.1, 0.15) is 12.7 Å². The van der Waals surface area contributed by atoms with Crippen LogP contribution in [0, 0.1) is 0 Å². The maximum atomic E-state index is 10.9. The predicted octanol–water partition coefficient (Wildman–Crippen LogP) is 3.22. The van der Waals surface area contributed by atoms with Crippen molar-refractivity contribution in [3.63, 3.8) is 0 Å². The minimum atomic E-state index is -0.955. The average molecular weight is 258 g/mol. The van der Waals surface area contributed by atoms with Crippen LogP contribution in [0.4, 0.5) is 0 Å². The van der Waals surface area contributed by atoms with Gasteiger partial charge < -0.3 is 10.2 Å². The molecule has 0 bridgehead atoms. The zero-order valence-electron chi connectivity index (χ0n) is 11.9. The highest BCUT2D eigenvalue weighted by Gasteiger charge is 2.12. The maximum Gasteiger partial charge on any atom is 0.186 e. The van der Waals surface area contributed by atoms with E-state index in [-0.39, 0.29) is 0 Å². The highest BCUT2D eigenvalue weighted by molar-refractivity contribution is 5.83. The Morgan fingerprint density at radius 2 is 1.33 bits per heavy atom. The van der Waals surface area contributed by atoms with Crippen molar-refractivity contribution in [2.24, 2.45) is 0 Å². The van der Waals surface area contributed by atoms with Gasteiger partial charge in [-0.25, -0.2) is 0 Å². The van der Waals surface area contributed by atoms with Gasteiger partial charge in [0.15, 0.2) is 5.78 Å². The number of rotatable bonds is 13. The highest BCUT2D eigenvalue weighted by Crippen LogP contribution is 2.12. The van der Waals surface area contributed by atoms with Crippen LogP contribution >= 0.6 is 0 Å². The minimum absolute atomic E-state index is 0.453. The predicted molar refractivity (Wildman–Crippen MR) is 74.6 cm³/mol. The fourth-order valence-corrected chi connectivity index (χ4v) is 2.09. The molecule has 0 aliphatic heterocycles. The van der Waals surface area contributed by atoms with E-state index in [1.54, 1.807) is 0 Å². The summed E-state index contributed by atoms with van der Waals surface area (Å²) in [7, 11) is 0. The maximum absolute atomic E-state index is 10.9. The van der Waals surface area contributed by atoms with Crippen molar-refractivity contribution in [1.82, 2.24) is 0 Å². The number of carbonyl (C=O) groups is 1. The molecule has 0 aromatic rings. The second-order valence-corrected chi connectivity index (χ2v) is 5.11. The lowest BCUT2D eigenvalue weighted by atomic mass is 10.0. The summed E-state index contributed by atoms with van der Waals surface area (Å²) in [6.07, 6.45) is 12.0. The van der Waals surface area contributed by atoms with Gasteiger partial charge in [-0.3, -0.25) is 4.79 Å². The summed E-state index contributed by atoms with van der Waals surface area (Å²) in [5.74, 6) is -0.453. The first-order valence-corrected chi connectivity index (χ1v) is 7.54. The van der Waals surface area contributed by atoms with E-state index < -0.39 is 18.5 Å². The molecular weight excluding hydrogens is 228 g/mol. The van der Waals surface area contributed by atoms with Gasteiger partial charge in [0.25, 0.3) is 0 Å². The molecule has 0 radical (unpaired) electrons. The molecule has 108 valence electrons. The van der Waals surface area contributed by atoms with Crippen molar-refractivity contribution in [1.29, 1.82) is 0 Å². The topological polar surface area (TPSA) is 57.5 Å². The summed E-state index contributed by atoms with van der Waals surface area (Å²) in [5, 5.41) is 17.9. The number of aliphatic hydroxyl groups is 2. The number of ketones is 1. The van der Waals surface area contributed by atoms with Crippen molar-refractivity contribution in [3.8, 4) is 0 Å². The van der Waals surface area contributed by atoms with Crippen LogP contribution in [-0.2, 0) is 4.79 Å². The second-order valence-electron chi connectivity index (χ2n) is 5.11. The Morgan fingerprint density at radius 3 is 1.78 bits per heavy atom. The zero-order chi connectivity index (χ0) is 13.6. The molecule has 0 saturated carbocycles. The third-order valence-electron chi connectivity index (χ3n) is 3.36. The van der Waals surface area contributed by atoms with E-state index in [4.69, 9.17) is 5.11 Å². The van der Waals surface area contributed by atoms with Gasteiger partial charge in [0, 0.05) is 0 Å². The molecule has 0 aliphatic carbocycles. The Morgan fingerprint density at radius 1 is 0.889 bits per heavy atom. The molecule has 0 aromatic carbocycles. The number of Topliss-reactive ketones (excluding diaryl/α,β-unsaturated/α-hetero) is 1. The van der Waals surface area contributed by atoms with E-state index in [1.807, 2.05) is 0 Å². The van der Waals surface area contributed by atoms with Crippen molar-refractivity contribution in [3.05, 3.63) is 0 Å². The van der Waals surface area contributed by atoms with Crippen LogP contribution in [0.1, 0.15) is 77.6 Å². The third-order valence-corrected chi connectivity index (χ3v) is 3.36. The van der Waals surface area contributed by atoms with E-state index in [1.165, 1.54) is 51.4 Å². The second kappa shape index (κ2) is 13.0. The van der Waals surface area contributed by atoms with Crippen LogP contribution in [-0.4, -0.2) is 28.7 Å².